The van der Waals surface area contributed by atoms with E-state index in [9.17, 15) is 13.2 Å². The minimum atomic E-state index is -1.14. The van der Waals surface area contributed by atoms with Crippen LogP contribution >= 0.6 is 0 Å². The number of nitrogens with one attached hydrogen (secondary N) is 2. The van der Waals surface area contributed by atoms with Gasteiger partial charge in [-0.2, -0.15) is 0 Å². The predicted octanol–water partition coefficient (Wildman–Crippen LogP) is 3.57. The van der Waals surface area contributed by atoms with Crippen LogP contribution in [0.3, 0.4) is 0 Å². The number of piperidine rings is 1. The van der Waals surface area contributed by atoms with Gasteiger partial charge in [-0.15, -0.1) is 0 Å². The van der Waals surface area contributed by atoms with Gasteiger partial charge in [0.1, 0.15) is 23.3 Å². The number of anilines is 1. The van der Waals surface area contributed by atoms with Crippen molar-refractivity contribution in [3.63, 3.8) is 0 Å². The highest BCUT2D eigenvalue weighted by molar-refractivity contribution is 5.63. The summed E-state index contributed by atoms with van der Waals surface area (Å²) < 4.78 is 50.2. The van der Waals surface area contributed by atoms with E-state index in [0.717, 1.165) is 6.07 Å². The zero-order valence-electron chi connectivity index (χ0n) is 16.1. The number of nitrogens with zero attached hydrogens (tertiary/aromatic N) is 3. The molecule has 4 heterocycles. The normalized spacial score (nSPS) is 19.7. The summed E-state index contributed by atoms with van der Waals surface area (Å²) in [6.07, 6.45) is 2.34. The first-order valence-corrected chi connectivity index (χ1v) is 9.54. The third-order valence-corrected chi connectivity index (χ3v) is 4.75. The maximum Gasteiger partial charge on any atom is 0.168 e. The average molecular weight is 405 g/mol. The molecule has 0 unspecified atom stereocenters. The van der Waals surface area contributed by atoms with Gasteiger partial charge in [0.05, 0.1) is 24.0 Å². The number of aromatic nitrogens is 3. The van der Waals surface area contributed by atoms with Gasteiger partial charge in [-0.05, 0) is 32.9 Å². The number of halogens is 3. The number of hydrogen-bond donors (Lipinski definition) is 2. The Bertz CT molecular complexity index is 1020. The second-order valence-electron chi connectivity index (χ2n) is 7.31. The van der Waals surface area contributed by atoms with Gasteiger partial charge in [-0.25, -0.2) is 23.1 Å². The van der Waals surface area contributed by atoms with Crippen molar-refractivity contribution in [3.05, 3.63) is 42.2 Å². The van der Waals surface area contributed by atoms with E-state index in [-0.39, 0.29) is 17.6 Å². The molecule has 2 N–H and O–H groups in total. The van der Waals surface area contributed by atoms with Gasteiger partial charge in [0.2, 0.25) is 0 Å². The highest BCUT2D eigenvalue weighted by atomic mass is 19.1. The Balaban J connectivity index is 1.69. The molecule has 1 aliphatic rings. The lowest BCUT2D eigenvalue weighted by atomic mass is 10.1. The summed E-state index contributed by atoms with van der Waals surface area (Å²) >= 11 is 0. The van der Waals surface area contributed by atoms with Crippen LogP contribution in [-0.4, -0.2) is 45.8 Å². The minimum Gasteiger partial charge on any atom is -0.491 e. The molecule has 0 spiro atoms. The summed E-state index contributed by atoms with van der Waals surface area (Å²) in [7, 11) is 0. The van der Waals surface area contributed by atoms with Gasteiger partial charge >= 0.3 is 0 Å². The molecule has 1 fully saturated rings. The van der Waals surface area contributed by atoms with Crippen LogP contribution in [0.25, 0.3) is 17.0 Å². The van der Waals surface area contributed by atoms with E-state index in [4.69, 9.17) is 4.74 Å². The lowest BCUT2D eigenvalue weighted by Crippen LogP contribution is -2.46. The van der Waals surface area contributed by atoms with Crippen LogP contribution in [-0.2, 0) is 0 Å². The van der Waals surface area contributed by atoms with E-state index >= 15 is 0 Å². The molecule has 0 amide bonds. The monoisotopic (exact) mass is 405 g/mol. The van der Waals surface area contributed by atoms with Crippen LogP contribution in [0, 0.1) is 11.6 Å². The third kappa shape index (κ3) is 4.00. The molecule has 29 heavy (non-hydrogen) atoms. The molecule has 9 heteroatoms. The second kappa shape index (κ2) is 7.90. The number of pyridine rings is 2. The standard InChI is InChI=1S/C20H22F3N5O/c1-11(2)29-12-4-6-28-17(10-25-18(28)7-12)19-14(22)8-15(23)20(27-19)26-16-9-24-5-3-13(16)21/h4,6-8,10-11,13,16,24H,3,5,9H2,1-2H3,(H,26,27)/t13-,16-/m0/s1. The number of alkyl halides is 1. The van der Waals surface area contributed by atoms with E-state index in [1.165, 1.54) is 6.20 Å². The topological polar surface area (TPSA) is 63.5 Å². The zero-order valence-corrected chi connectivity index (χ0v) is 16.1. The van der Waals surface area contributed by atoms with Gasteiger partial charge in [0.15, 0.2) is 17.5 Å². The fourth-order valence-electron chi connectivity index (χ4n) is 3.37. The largest absolute Gasteiger partial charge is 0.491 e. The van der Waals surface area contributed by atoms with Gasteiger partial charge < -0.3 is 15.4 Å². The molecule has 1 saturated heterocycles. The van der Waals surface area contributed by atoms with Crippen molar-refractivity contribution in [2.24, 2.45) is 0 Å². The van der Waals surface area contributed by atoms with E-state index in [2.05, 4.69) is 20.6 Å². The summed E-state index contributed by atoms with van der Waals surface area (Å²) in [4.78, 5) is 8.39. The first-order valence-electron chi connectivity index (χ1n) is 9.54. The molecular formula is C20H22F3N5O. The second-order valence-corrected chi connectivity index (χ2v) is 7.31. The molecular weight excluding hydrogens is 383 g/mol. The summed E-state index contributed by atoms with van der Waals surface area (Å²) in [6, 6.07) is 3.58. The molecule has 6 nitrogen and oxygen atoms in total. The molecule has 1 aliphatic heterocycles. The van der Waals surface area contributed by atoms with Gasteiger partial charge in [0, 0.05) is 24.9 Å². The highest BCUT2D eigenvalue weighted by Gasteiger charge is 2.26. The number of rotatable bonds is 5. The maximum absolute atomic E-state index is 14.5. The number of ether oxygens (including phenoxy) is 1. The third-order valence-electron chi connectivity index (χ3n) is 4.75. The first-order chi connectivity index (χ1) is 13.9. The molecule has 0 radical (unpaired) electrons. The van der Waals surface area contributed by atoms with E-state index in [1.54, 1.807) is 22.7 Å². The molecule has 3 aromatic heterocycles. The highest BCUT2D eigenvalue weighted by Crippen LogP contribution is 2.28. The van der Waals surface area contributed by atoms with E-state index in [1.807, 2.05) is 13.8 Å². The van der Waals surface area contributed by atoms with Crippen molar-refractivity contribution in [1.82, 2.24) is 19.7 Å². The Labute approximate surface area is 166 Å². The van der Waals surface area contributed by atoms with Crippen molar-refractivity contribution in [2.75, 3.05) is 18.4 Å². The quantitative estimate of drug-likeness (QED) is 0.680. The summed E-state index contributed by atoms with van der Waals surface area (Å²) in [5.74, 6) is -1.24. The molecule has 0 aliphatic carbocycles. The minimum absolute atomic E-state index is 0.00494. The fourth-order valence-corrected chi connectivity index (χ4v) is 3.37. The lowest BCUT2D eigenvalue weighted by molar-refractivity contribution is 0.240. The van der Waals surface area contributed by atoms with Crippen LogP contribution in [0.2, 0.25) is 0 Å². The average Bonchev–Trinajstić information content (AvgIpc) is 3.08. The van der Waals surface area contributed by atoms with Crippen LogP contribution in [0.1, 0.15) is 20.3 Å². The van der Waals surface area contributed by atoms with Crippen LogP contribution in [0.4, 0.5) is 19.0 Å². The molecule has 0 saturated carbocycles. The lowest BCUT2D eigenvalue weighted by Gasteiger charge is -2.28. The van der Waals surface area contributed by atoms with Crippen molar-refractivity contribution in [2.45, 2.75) is 38.6 Å². The maximum atomic E-state index is 14.5. The molecule has 0 aromatic carbocycles. The first kappa shape index (κ1) is 19.5. The molecule has 4 rings (SSSR count). The van der Waals surface area contributed by atoms with Gasteiger partial charge in [-0.1, -0.05) is 0 Å². The van der Waals surface area contributed by atoms with Gasteiger partial charge in [0.25, 0.3) is 0 Å². The summed E-state index contributed by atoms with van der Waals surface area (Å²) in [5, 5.41) is 5.82. The van der Waals surface area contributed by atoms with Crippen LogP contribution in [0.15, 0.2) is 30.6 Å². The number of imidazole rings is 1. The Kier molecular flexibility index (Phi) is 5.31. The Morgan fingerprint density at radius 1 is 1.28 bits per heavy atom. The van der Waals surface area contributed by atoms with Crippen molar-refractivity contribution in [1.29, 1.82) is 0 Å². The summed E-state index contributed by atoms with van der Waals surface area (Å²) in [6.45, 7) is 4.73. The predicted molar refractivity (Wildman–Crippen MR) is 104 cm³/mol. The smallest absolute Gasteiger partial charge is 0.168 e. The molecule has 154 valence electrons. The SMILES string of the molecule is CC(C)Oc1ccn2c(-c3nc(N[C@H]4CNCC[C@@H]4F)c(F)cc3F)cnc2c1. The van der Waals surface area contributed by atoms with Crippen LogP contribution in [0.5, 0.6) is 5.75 Å². The number of fused-ring (bicyclic) bond motifs is 1. The number of hydrogen-bond acceptors (Lipinski definition) is 5. The Hall–Kier alpha value is -2.81. The van der Waals surface area contributed by atoms with Crippen molar-refractivity contribution >= 4 is 11.5 Å². The fraction of sp³-hybridized carbons (Fsp3) is 0.400. The zero-order chi connectivity index (χ0) is 20.5. The Morgan fingerprint density at radius 3 is 2.86 bits per heavy atom. The van der Waals surface area contributed by atoms with Crippen LogP contribution < -0.4 is 15.4 Å². The van der Waals surface area contributed by atoms with Crippen molar-refractivity contribution < 1.29 is 17.9 Å². The van der Waals surface area contributed by atoms with E-state index in [0.29, 0.717) is 36.6 Å². The summed E-state index contributed by atoms with van der Waals surface area (Å²) in [5.41, 5.74) is 0.826. The van der Waals surface area contributed by atoms with Gasteiger partial charge in [-0.3, -0.25) is 4.40 Å². The molecule has 2 atom stereocenters. The Morgan fingerprint density at radius 2 is 2.10 bits per heavy atom. The molecule has 0 bridgehead atoms. The molecule has 3 aromatic rings. The van der Waals surface area contributed by atoms with E-state index < -0.39 is 23.8 Å². The van der Waals surface area contributed by atoms with Crippen molar-refractivity contribution in [3.8, 4) is 17.1 Å².